The highest BCUT2D eigenvalue weighted by molar-refractivity contribution is 5.89. The molecule has 0 spiro atoms. The maximum atomic E-state index is 14.0. The summed E-state index contributed by atoms with van der Waals surface area (Å²) >= 11 is 0. The number of nitrogens with zero attached hydrogens (tertiary/aromatic N) is 2. The van der Waals surface area contributed by atoms with Crippen molar-refractivity contribution in [1.29, 1.82) is 0 Å². The Morgan fingerprint density at radius 2 is 1.63 bits per heavy atom. The van der Waals surface area contributed by atoms with E-state index in [1.807, 2.05) is 74.5 Å². The van der Waals surface area contributed by atoms with E-state index in [4.69, 9.17) is 4.74 Å². The van der Waals surface area contributed by atoms with E-state index >= 15 is 0 Å². The highest BCUT2D eigenvalue weighted by atomic mass is 19.1. The van der Waals surface area contributed by atoms with Crippen LogP contribution in [0.5, 0.6) is 0 Å². The van der Waals surface area contributed by atoms with Gasteiger partial charge >= 0.3 is 6.09 Å². The summed E-state index contributed by atoms with van der Waals surface area (Å²) < 4.78 is 19.0. The lowest BCUT2D eigenvalue weighted by Crippen LogP contribution is -2.52. The van der Waals surface area contributed by atoms with Crippen LogP contribution in [0.4, 0.5) is 9.18 Å². The molecule has 0 aliphatic rings. The summed E-state index contributed by atoms with van der Waals surface area (Å²) in [6.07, 6.45) is 2.38. The molecule has 0 saturated carbocycles. The highest BCUT2D eigenvalue weighted by Gasteiger charge is 2.30. The number of benzene rings is 3. The zero-order valence-electron chi connectivity index (χ0n) is 24.3. The van der Waals surface area contributed by atoms with Crippen molar-refractivity contribution in [1.82, 2.24) is 25.5 Å². The minimum absolute atomic E-state index is 0.0203. The Morgan fingerprint density at radius 1 is 0.953 bits per heavy atom. The normalized spacial score (nSPS) is 11.8. The number of amides is 3. The Kier molecular flexibility index (Phi) is 10.6. The standard InChI is InChI=1S/C33H36FN5O4/c1-33(2,26-11-7-4-8-12-26)22-36-30(40)20-39(19-24-13-15-27(34)16-14-24)31(41)29(17-28-18-35-23-37-28)38-32(42)43-21-25-9-5-3-6-10-25/h3-16,18,23,29H,17,19-22H2,1-2H3,(H,35,37)(H,36,40)(H,38,42). The third-order valence-electron chi connectivity index (χ3n) is 6.99. The number of H-pyrrole nitrogens is 1. The molecule has 0 saturated heterocycles. The van der Waals surface area contributed by atoms with Crippen LogP contribution in [-0.2, 0) is 39.3 Å². The first-order valence-electron chi connectivity index (χ1n) is 14.0. The number of aromatic nitrogens is 2. The van der Waals surface area contributed by atoms with Gasteiger partial charge in [0.15, 0.2) is 0 Å². The molecule has 9 nitrogen and oxygen atoms in total. The Hall–Kier alpha value is -4.99. The summed E-state index contributed by atoms with van der Waals surface area (Å²) in [6, 6.07) is 23.6. The lowest BCUT2D eigenvalue weighted by atomic mass is 9.84. The number of aromatic amines is 1. The molecule has 3 aromatic carbocycles. The van der Waals surface area contributed by atoms with E-state index in [2.05, 4.69) is 20.6 Å². The molecule has 224 valence electrons. The summed E-state index contributed by atoms with van der Waals surface area (Å²) in [7, 11) is 0. The van der Waals surface area contributed by atoms with E-state index in [1.54, 1.807) is 18.3 Å². The van der Waals surface area contributed by atoms with Gasteiger partial charge < -0.3 is 25.3 Å². The van der Waals surface area contributed by atoms with Gasteiger partial charge in [-0.05, 0) is 28.8 Å². The molecule has 1 atom stereocenters. The van der Waals surface area contributed by atoms with Crippen LogP contribution in [0.1, 0.15) is 36.2 Å². The second-order valence-electron chi connectivity index (χ2n) is 10.9. The molecule has 3 N–H and O–H groups in total. The molecular weight excluding hydrogens is 549 g/mol. The fourth-order valence-corrected chi connectivity index (χ4v) is 4.50. The van der Waals surface area contributed by atoms with Gasteiger partial charge in [0.1, 0.15) is 18.5 Å². The average Bonchev–Trinajstić information content (AvgIpc) is 3.53. The molecule has 1 heterocycles. The number of hydrogen-bond donors (Lipinski definition) is 3. The molecule has 0 radical (unpaired) electrons. The highest BCUT2D eigenvalue weighted by Crippen LogP contribution is 2.21. The molecule has 4 aromatic rings. The van der Waals surface area contributed by atoms with Crippen molar-refractivity contribution in [2.45, 2.75) is 44.9 Å². The van der Waals surface area contributed by atoms with Crippen LogP contribution in [0.3, 0.4) is 0 Å². The monoisotopic (exact) mass is 585 g/mol. The van der Waals surface area contributed by atoms with Gasteiger partial charge in [-0.2, -0.15) is 0 Å². The van der Waals surface area contributed by atoms with Gasteiger partial charge in [-0.15, -0.1) is 0 Å². The predicted molar refractivity (Wildman–Crippen MR) is 160 cm³/mol. The molecule has 0 bridgehead atoms. The van der Waals surface area contributed by atoms with Crippen molar-refractivity contribution in [2.75, 3.05) is 13.1 Å². The number of carbonyl (C=O) groups excluding carboxylic acids is 3. The van der Waals surface area contributed by atoms with Crippen molar-refractivity contribution in [3.8, 4) is 0 Å². The van der Waals surface area contributed by atoms with Gasteiger partial charge in [-0.3, -0.25) is 9.59 Å². The molecule has 0 aliphatic carbocycles. The van der Waals surface area contributed by atoms with Crippen LogP contribution in [0.2, 0.25) is 0 Å². The zero-order valence-corrected chi connectivity index (χ0v) is 24.3. The second-order valence-corrected chi connectivity index (χ2v) is 10.9. The first-order valence-corrected chi connectivity index (χ1v) is 14.0. The predicted octanol–water partition coefficient (Wildman–Crippen LogP) is 4.51. The number of imidazole rings is 1. The Bertz CT molecular complexity index is 1460. The largest absolute Gasteiger partial charge is 0.445 e. The smallest absolute Gasteiger partial charge is 0.408 e. The minimum Gasteiger partial charge on any atom is -0.445 e. The summed E-state index contributed by atoms with van der Waals surface area (Å²) in [5.41, 5.74) is 2.66. The summed E-state index contributed by atoms with van der Waals surface area (Å²) in [6.45, 7) is 4.15. The topological polar surface area (TPSA) is 116 Å². The molecular formula is C33H36FN5O4. The van der Waals surface area contributed by atoms with Crippen molar-refractivity contribution in [3.63, 3.8) is 0 Å². The fraction of sp³-hybridized carbons (Fsp3) is 0.273. The molecule has 3 amide bonds. The molecule has 0 fully saturated rings. The number of hydrogen-bond acceptors (Lipinski definition) is 5. The van der Waals surface area contributed by atoms with E-state index in [0.29, 0.717) is 17.8 Å². The van der Waals surface area contributed by atoms with E-state index in [-0.39, 0.29) is 37.4 Å². The van der Waals surface area contributed by atoms with E-state index in [9.17, 15) is 18.8 Å². The Labute approximate surface area is 250 Å². The third-order valence-corrected chi connectivity index (χ3v) is 6.99. The zero-order chi connectivity index (χ0) is 30.7. The maximum Gasteiger partial charge on any atom is 0.408 e. The van der Waals surface area contributed by atoms with E-state index < -0.39 is 23.9 Å². The van der Waals surface area contributed by atoms with Crippen LogP contribution in [0.15, 0.2) is 97.5 Å². The van der Waals surface area contributed by atoms with Crippen molar-refractivity contribution < 1.29 is 23.5 Å². The number of alkyl carbamates (subject to hydrolysis) is 1. The van der Waals surface area contributed by atoms with Crippen LogP contribution in [0, 0.1) is 5.82 Å². The van der Waals surface area contributed by atoms with Crippen LogP contribution < -0.4 is 10.6 Å². The number of carbonyl (C=O) groups is 3. The molecule has 10 heteroatoms. The van der Waals surface area contributed by atoms with Crippen LogP contribution >= 0.6 is 0 Å². The summed E-state index contributed by atoms with van der Waals surface area (Å²) in [5.74, 6) is -1.30. The number of ether oxygens (including phenoxy) is 1. The summed E-state index contributed by atoms with van der Waals surface area (Å²) in [5, 5.41) is 5.60. The van der Waals surface area contributed by atoms with Gasteiger partial charge in [0.05, 0.1) is 18.6 Å². The second kappa shape index (κ2) is 14.8. The number of rotatable bonds is 13. The van der Waals surface area contributed by atoms with Gasteiger partial charge in [0, 0.05) is 31.1 Å². The van der Waals surface area contributed by atoms with Gasteiger partial charge in [-0.25, -0.2) is 14.2 Å². The Balaban J connectivity index is 1.49. The molecule has 0 aliphatic heterocycles. The molecule has 4 rings (SSSR count). The van der Waals surface area contributed by atoms with Gasteiger partial charge in [0.25, 0.3) is 0 Å². The van der Waals surface area contributed by atoms with Crippen molar-refractivity contribution in [3.05, 3.63) is 126 Å². The molecule has 43 heavy (non-hydrogen) atoms. The summed E-state index contributed by atoms with van der Waals surface area (Å²) in [4.78, 5) is 48.4. The molecule has 1 aromatic heterocycles. The van der Waals surface area contributed by atoms with Gasteiger partial charge in [0.2, 0.25) is 11.8 Å². The van der Waals surface area contributed by atoms with Crippen molar-refractivity contribution >= 4 is 17.9 Å². The Morgan fingerprint density at radius 3 is 2.28 bits per heavy atom. The minimum atomic E-state index is -1.08. The molecule has 1 unspecified atom stereocenters. The number of nitrogens with one attached hydrogen (secondary N) is 3. The lowest BCUT2D eigenvalue weighted by molar-refractivity contribution is -0.138. The van der Waals surface area contributed by atoms with Crippen LogP contribution in [-0.4, -0.2) is 51.9 Å². The van der Waals surface area contributed by atoms with Crippen LogP contribution in [0.25, 0.3) is 0 Å². The first kappa shape index (κ1) is 31.0. The SMILES string of the molecule is CC(C)(CNC(=O)CN(Cc1ccc(F)cc1)C(=O)C(Cc1c[nH]cn1)NC(=O)OCc1ccccc1)c1ccccc1. The van der Waals surface area contributed by atoms with Crippen molar-refractivity contribution in [2.24, 2.45) is 0 Å². The lowest BCUT2D eigenvalue weighted by Gasteiger charge is -2.29. The van der Waals surface area contributed by atoms with E-state index in [1.165, 1.54) is 23.4 Å². The number of halogens is 1. The quantitative estimate of drug-likeness (QED) is 0.214. The van der Waals surface area contributed by atoms with Gasteiger partial charge in [-0.1, -0.05) is 86.6 Å². The first-order chi connectivity index (χ1) is 20.7. The average molecular weight is 586 g/mol. The maximum absolute atomic E-state index is 14.0. The fourth-order valence-electron chi connectivity index (χ4n) is 4.50. The third kappa shape index (κ3) is 9.53. The van der Waals surface area contributed by atoms with E-state index in [0.717, 1.165) is 11.1 Å².